The summed E-state index contributed by atoms with van der Waals surface area (Å²) in [4.78, 5) is 9.25. The van der Waals surface area contributed by atoms with Crippen molar-refractivity contribution in [1.29, 1.82) is 0 Å². The minimum absolute atomic E-state index is 0.383. The number of aromatic nitrogens is 2. The van der Waals surface area contributed by atoms with Crippen LogP contribution in [0.15, 0.2) is 24.3 Å². The lowest BCUT2D eigenvalue weighted by Crippen LogP contribution is -2.20. The summed E-state index contributed by atoms with van der Waals surface area (Å²) in [5.74, 6) is 1.15. The second-order valence-corrected chi connectivity index (χ2v) is 9.17. The van der Waals surface area contributed by atoms with Crippen molar-refractivity contribution in [2.45, 2.75) is 53.8 Å². The van der Waals surface area contributed by atoms with Gasteiger partial charge in [0, 0.05) is 24.3 Å². The smallest absolute Gasteiger partial charge is 0.123 e. The zero-order valence-corrected chi connectivity index (χ0v) is 18.1. The quantitative estimate of drug-likeness (QED) is 0.793. The molecule has 2 rings (SSSR count). The van der Waals surface area contributed by atoms with Gasteiger partial charge >= 0.3 is 0 Å². The average molecular weight is 389 g/mol. The van der Waals surface area contributed by atoms with Crippen LogP contribution in [0.2, 0.25) is 0 Å². The van der Waals surface area contributed by atoms with Gasteiger partial charge in [0.1, 0.15) is 23.7 Å². The molecular weight excluding hydrogens is 356 g/mol. The molecular formula is C22H32N2O4. The van der Waals surface area contributed by atoms with Gasteiger partial charge in [-0.3, -0.25) is 0 Å². The first-order chi connectivity index (χ1) is 12.9. The molecule has 0 saturated carbocycles. The molecule has 6 heteroatoms. The maximum atomic E-state index is 10.7. The van der Waals surface area contributed by atoms with Crippen LogP contribution in [-0.2, 0) is 0 Å². The number of methoxy groups -OCH3 is 2. The third-order valence-corrected chi connectivity index (χ3v) is 4.57. The lowest BCUT2D eigenvalue weighted by molar-refractivity contribution is 0.0585. The Morgan fingerprint density at radius 1 is 0.679 bits per heavy atom. The summed E-state index contributed by atoms with van der Waals surface area (Å²) in [6.07, 6.45) is -1.54. The average Bonchev–Trinajstić information content (AvgIpc) is 2.64. The van der Waals surface area contributed by atoms with Crippen molar-refractivity contribution in [2.75, 3.05) is 14.2 Å². The Morgan fingerprint density at radius 2 is 1.00 bits per heavy atom. The number of aliphatic hydroxyl groups excluding tert-OH is 2. The van der Waals surface area contributed by atoms with Crippen LogP contribution in [0.5, 0.6) is 11.5 Å². The Balaban J connectivity index is 2.63. The molecule has 0 fully saturated rings. The fourth-order valence-corrected chi connectivity index (χ4v) is 2.72. The molecule has 2 N–H and O–H groups in total. The van der Waals surface area contributed by atoms with Crippen molar-refractivity contribution in [2.24, 2.45) is 10.8 Å². The van der Waals surface area contributed by atoms with Gasteiger partial charge in [0.05, 0.1) is 37.0 Å². The highest BCUT2D eigenvalue weighted by Crippen LogP contribution is 2.37. The lowest BCUT2D eigenvalue weighted by Gasteiger charge is -2.27. The Hall–Kier alpha value is -2.18. The summed E-state index contributed by atoms with van der Waals surface area (Å²) in [6, 6.07) is 6.97. The van der Waals surface area contributed by atoms with Crippen molar-refractivity contribution in [3.63, 3.8) is 0 Å². The molecule has 0 bridgehead atoms. The molecule has 154 valence electrons. The second-order valence-electron chi connectivity index (χ2n) is 9.17. The van der Waals surface area contributed by atoms with Gasteiger partial charge in [-0.25, -0.2) is 9.97 Å². The third kappa shape index (κ3) is 5.00. The SMILES string of the molecule is COc1cc(-c2cc(OC)cc([C@H](O)C(C)(C)C)n2)nc([C@H](O)C(C)(C)C)c1. The zero-order chi connectivity index (χ0) is 21.3. The van der Waals surface area contributed by atoms with E-state index in [4.69, 9.17) is 9.47 Å². The highest BCUT2D eigenvalue weighted by Gasteiger charge is 2.28. The maximum absolute atomic E-state index is 10.7. The van der Waals surface area contributed by atoms with Crippen LogP contribution < -0.4 is 9.47 Å². The van der Waals surface area contributed by atoms with E-state index >= 15 is 0 Å². The summed E-state index contributed by atoms with van der Waals surface area (Å²) in [5, 5.41) is 21.4. The van der Waals surface area contributed by atoms with E-state index in [9.17, 15) is 10.2 Å². The summed E-state index contributed by atoms with van der Waals surface area (Å²) >= 11 is 0. The van der Waals surface area contributed by atoms with E-state index in [2.05, 4.69) is 9.97 Å². The van der Waals surface area contributed by atoms with E-state index in [1.54, 1.807) is 38.5 Å². The summed E-state index contributed by atoms with van der Waals surface area (Å²) in [7, 11) is 3.14. The van der Waals surface area contributed by atoms with Crippen LogP contribution >= 0.6 is 0 Å². The molecule has 0 aliphatic carbocycles. The van der Waals surface area contributed by atoms with Gasteiger partial charge in [0.2, 0.25) is 0 Å². The van der Waals surface area contributed by atoms with E-state index in [0.717, 1.165) is 0 Å². The Labute approximate surface area is 167 Å². The molecule has 0 spiro atoms. The van der Waals surface area contributed by atoms with Gasteiger partial charge in [-0.05, 0) is 10.8 Å². The van der Waals surface area contributed by atoms with Crippen molar-refractivity contribution in [1.82, 2.24) is 9.97 Å². The first kappa shape index (κ1) is 22.1. The number of nitrogens with zero attached hydrogens (tertiary/aromatic N) is 2. The first-order valence-electron chi connectivity index (χ1n) is 9.35. The fraction of sp³-hybridized carbons (Fsp3) is 0.545. The highest BCUT2D eigenvalue weighted by molar-refractivity contribution is 5.59. The van der Waals surface area contributed by atoms with Crippen LogP contribution in [0.1, 0.15) is 65.1 Å². The Bertz CT molecular complexity index is 753. The van der Waals surface area contributed by atoms with E-state index in [0.29, 0.717) is 34.3 Å². The maximum Gasteiger partial charge on any atom is 0.123 e. The molecule has 0 aliphatic heterocycles. The largest absolute Gasteiger partial charge is 0.497 e. The molecule has 2 heterocycles. The van der Waals surface area contributed by atoms with Crippen LogP contribution in [0.3, 0.4) is 0 Å². The van der Waals surface area contributed by atoms with E-state index in [-0.39, 0.29) is 10.8 Å². The second kappa shape index (κ2) is 8.05. The van der Waals surface area contributed by atoms with Crippen molar-refractivity contribution < 1.29 is 19.7 Å². The minimum atomic E-state index is -0.772. The first-order valence-corrected chi connectivity index (χ1v) is 9.35. The normalized spacial score (nSPS) is 14.5. The van der Waals surface area contributed by atoms with Gasteiger partial charge in [0.25, 0.3) is 0 Å². The molecule has 0 unspecified atom stereocenters. The predicted octanol–water partition coefficient (Wildman–Crippen LogP) is 4.32. The van der Waals surface area contributed by atoms with Gasteiger partial charge in [-0.1, -0.05) is 41.5 Å². The van der Waals surface area contributed by atoms with Crippen molar-refractivity contribution in [3.05, 3.63) is 35.7 Å². The molecule has 0 aliphatic rings. The van der Waals surface area contributed by atoms with Gasteiger partial charge in [-0.2, -0.15) is 0 Å². The van der Waals surface area contributed by atoms with Crippen LogP contribution in [0, 0.1) is 10.8 Å². The number of hydrogen-bond acceptors (Lipinski definition) is 6. The number of rotatable bonds is 5. The molecule has 0 amide bonds. The van der Waals surface area contributed by atoms with Gasteiger partial charge < -0.3 is 19.7 Å². The molecule has 6 nitrogen and oxygen atoms in total. The third-order valence-electron chi connectivity index (χ3n) is 4.57. The predicted molar refractivity (Wildman–Crippen MR) is 109 cm³/mol. The Kier molecular flexibility index (Phi) is 6.36. The Morgan fingerprint density at radius 3 is 1.25 bits per heavy atom. The zero-order valence-electron chi connectivity index (χ0n) is 18.1. The summed E-state index contributed by atoms with van der Waals surface area (Å²) in [6.45, 7) is 11.7. The number of aliphatic hydroxyl groups is 2. The molecule has 0 aromatic carbocycles. The molecule has 2 aromatic rings. The molecule has 0 radical (unpaired) electrons. The summed E-state index contributed by atoms with van der Waals surface area (Å²) < 4.78 is 10.8. The van der Waals surface area contributed by atoms with Gasteiger partial charge in [0.15, 0.2) is 0 Å². The van der Waals surface area contributed by atoms with Crippen molar-refractivity contribution >= 4 is 0 Å². The van der Waals surface area contributed by atoms with E-state index in [1.807, 2.05) is 41.5 Å². The van der Waals surface area contributed by atoms with E-state index < -0.39 is 12.2 Å². The van der Waals surface area contributed by atoms with E-state index in [1.165, 1.54) is 0 Å². The van der Waals surface area contributed by atoms with Crippen LogP contribution in [0.25, 0.3) is 11.4 Å². The minimum Gasteiger partial charge on any atom is -0.497 e. The fourth-order valence-electron chi connectivity index (χ4n) is 2.72. The monoisotopic (exact) mass is 388 g/mol. The molecule has 2 aromatic heterocycles. The lowest BCUT2D eigenvalue weighted by atomic mass is 9.86. The van der Waals surface area contributed by atoms with Crippen LogP contribution in [0.4, 0.5) is 0 Å². The van der Waals surface area contributed by atoms with Crippen molar-refractivity contribution in [3.8, 4) is 22.9 Å². The van der Waals surface area contributed by atoms with Gasteiger partial charge in [-0.15, -0.1) is 0 Å². The number of pyridine rings is 2. The molecule has 2 atom stereocenters. The topological polar surface area (TPSA) is 84.7 Å². The standard InChI is InChI=1S/C22H32N2O4/c1-21(2,3)19(25)17-11-13(27-7)9-15(23-17)16-10-14(28-8)12-18(24-16)20(26)22(4,5)6/h9-12,19-20,25-26H,1-8H3/t19-,20-/m0/s1. The summed E-state index contributed by atoms with van der Waals surface area (Å²) in [5.41, 5.74) is 1.32. The highest BCUT2D eigenvalue weighted by atomic mass is 16.5. The van der Waals surface area contributed by atoms with Crippen LogP contribution in [-0.4, -0.2) is 34.4 Å². The number of ether oxygens (including phenoxy) is 2. The molecule has 28 heavy (non-hydrogen) atoms. The molecule has 0 saturated heterocycles. The number of hydrogen-bond donors (Lipinski definition) is 2.